The molecular formula is C22H32N6O2S. The van der Waals surface area contributed by atoms with Crippen LogP contribution in [0.1, 0.15) is 38.5 Å². The summed E-state index contributed by atoms with van der Waals surface area (Å²) in [6.07, 6.45) is 11.1. The van der Waals surface area contributed by atoms with Crippen molar-refractivity contribution in [3.63, 3.8) is 0 Å². The molecule has 1 amide bonds. The third-order valence-corrected chi connectivity index (χ3v) is 7.93. The first-order valence-corrected chi connectivity index (χ1v) is 12.6. The van der Waals surface area contributed by atoms with Crippen LogP contribution < -0.4 is 10.6 Å². The highest BCUT2D eigenvalue weighted by Crippen LogP contribution is 2.60. The number of anilines is 1. The summed E-state index contributed by atoms with van der Waals surface area (Å²) in [5.74, 6) is 3.37. The van der Waals surface area contributed by atoms with Crippen molar-refractivity contribution in [1.29, 1.82) is 0 Å². The van der Waals surface area contributed by atoms with Gasteiger partial charge in [0.15, 0.2) is 10.8 Å². The first-order valence-electron chi connectivity index (χ1n) is 11.4. The lowest BCUT2D eigenvalue weighted by Gasteiger charge is -2.55. The number of amides is 1. The summed E-state index contributed by atoms with van der Waals surface area (Å²) in [5.41, 5.74) is 0.691. The number of nitrogens with zero attached hydrogens (tertiary/aromatic N) is 4. The number of hydrogen-bond acceptors (Lipinski definition) is 7. The lowest BCUT2D eigenvalue weighted by Crippen LogP contribution is -2.53. The van der Waals surface area contributed by atoms with E-state index >= 15 is 0 Å². The molecule has 0 spiro atoms. The zero-order chi connectivity index (χ0) is 21.4. The highest BCUT2D eigenvalue weighted by atomic mass is 32.2. The number of methoxy groups -OCH3 is 1. The Labute approximate surface area is 187 Å². The molecule has 0 atom stereocenters. The third-order valence-electron chi connectivity index (χ3n) is 7.39. The maximum Gasteiger partial charge on any atom is 0.226 e. The summed E-state index contributed by atoms with van der Waals surface area (Å²) in [5, 5.41) is 12.7. The molecule has 0 aromatic carbocycles. The number of nitrogens with one attached hydrogen (secondary N) is 2. The fourth-order valence-electron chi connectivity index (χ4n) is 6.45. The highest BCUT2D eigenvalue weighted by Gasteiger charge is 2.54. The Kier molecular flexibility index (Phi) is 5.81. The SMILES string of the molecule is COCCNc1nc(SC)nc2c1cnn2CCNC(=O)C12CC3CC(CC(C3)C1)C2. The minimum absolute atomic E-state index is 0.104. The Hall–Kier alpha value is -1.87. The third kappa shape index (κ3) is 4.02. The van der Waals surface area contributed by atoms with Gasteiger partial charge in [-0.2, -0.15) is 5.10 Å². The summed E-state index contributed by atoms with van der Waals surface area (Å²) in [7, 11) is 1.68. The summed E-state index contributed by atoms with van der Waals surface area (Å²) in [6.45, 7) is 2.44. The van der Waals surface area contributed by atoms with Gasteiger partial charge in [0.2, 0.25) is 5.91 Å². The van der Waals surface area contributed by atoms with E-state index in [1.54, 1.807) is 13.3 Å². The van der Waals surface area contributed by atoms with E-state index in [2.05, 4.69) is 25.7 Å². The predicted molar refractivity (Wildman–Crippen MR) is 121 cm³/mol. The van der Waals surface area contributed by atoms with E-state index in [1.165, 1.54) is 31.0 Å². The quantitative estimate of drug-likeness (QED) is 0.349. The van der Waals surface area contributed by atoms with Crippen LogP contribution in [-0.4, -0.2) is 58.7 Å². The van der Waals surface area contributed by atoms with Gasteiger partial charge in [-0.1, -0.05) is 11.8 Å². The second kappa shape index (κ2) is 8.58. The normalized spacial score (nSPS) is 28.9. The van der Waals surface area contributed by atoms with Crippen LogP contribution >= 0.6 is 11.8 Å². The van der Waals surface area contributed by atoms with E-state index in [0.29, 0.717) is 31.4 Å². The van der Waals surface area contributed by atoms with Gasteiger partial charge in [0.1, 0.15) is 5.82 Å². The molecule has 9 heteroatoms. The monoisotopic (exact) mass is 444 g/mol. The predicted octanol–water partition coefficient (Wildman–Crippen LogP) is 2.94. The zero-order valence-electron chi connectivity index (χ0n) is 18.4. The van der Waals surface area contributed by atoms with Gasteiger partial charge < -0.3 is 15.4 Å². The molecule has 0 unspecified atom stereocenters. The van der Waals surface area contributed by atoms with Crippen molar-refractivity contribution in [2.45, 2.75) is 50.2 Å². The number of aromatic nitrogens is 4. The molecule has 2 aromatic heterocycles. The number of thioether (sulfide) groups is 1. The standard InChI is InChI=1S/C22H32N6O2S/c1-30-6-4-23-18-17-13-25-28(19(17)27-21(26-18)31-2)5-3-24-20(29)22-10-14-7-15(11-22)9-16(8-14)12-22/h13-16H,3-12H2,1-2H3,(H,24,29)(H,23,26,27). The molecule has 31 heavy (non-hydrogen) atoms. The lowest BCUT2D eigenvalue weighted by atomic mass is 9.49. The second-order valence-electron chi connectivity index (χ2n) is 9.54. The van der Waals surface area contributed by atoms with Crippen molar-refractivity contribution in [1.82, 2.24) is 25.1 Å². The van der Waals surface area contributed by atoms with Crippen molar-refractivity contribution in [3.8, 4) is 0 Å². The Morgan fingerprint density at radius 3 is 2.55 bits per heavy atom. The smallest absolute Gasteiger partial charge is 0.226 e. The first kappa shape index (κ1) is 21.0. The van der Waals surface area contributed by atoms with Crippen LogP contribution in [-0.2, 0) is 16.1 Å². The second-order valence-corrected chi connectivity index (χ2v) is 10.3. The number of fused-ring (bicyclic) bond motifs is 1. The zero-order valence-corrected chi connectivity index (χ0v) is 19.2. The minimum atomic E-state index is -0.104. The van der Waals surface area contributed by atoms with Gasteiger partial charge in [-0.15, -0.1) is 0 Å². The molecule has 0 aliphatic heterocycles. The van der Waals surface area contributed by atoms with Crippen LogP contribution in [0, 0.1) is 23.2 Å². The number of carbonyl (C=O) groups excluding carboxylic acids is 1. The lowest BCUT2D eigenvalue weighted by molar-refractivity contribution is -0.146. The van der Waals surface area contributed by atoms with Gasteiger partial charge >= 0.3 is 0 Å². The summed E-state index contributed by atoms with van der Waals surface area (Å²) >= 11 is 1.51. The van der Waals surface area contributed by atoms with E-state index < -0.39 is 0 Å². The molecule has 0 saturated heterocycles. The molecule has 0 radical (unpaired) electrons. The Morgan fingerprint density at radius 2 is 1.90 bits per heavy atom. The molecule has 8 nitrogen and oxygen atoms in total. The fourth-order valence-corrected chi connectivity index (χ4v) is 6.81. The van der Waals surface area contributed by atoms with Crippen LogP contribution in [0.3, 0.4) is 0 Å². The maximum atomic E-state index is 13.2. The van der Waals surface area contributed by atoms with E-state index in [9.17, 15) is 4.79 Å². The van der Waals surface area contributed by atoms with Crippen molar-refractivity contribution < 1.29 is 9.53 Å². The van der Waals surface area contributed by atoms with Crippen LogP contribution in [0.4, 0.5) is 5.82 Å². The molecule has 2 heterocycles. The van der Waals surface area contributed by atoms with Crippen LogP contribution in [0.15, 0.2) is 11.4 Å². The van der Waals surface area contributed by atoms with Crippen molar-refractivity contribution in [2.24, 2.45) is 23.2 Å². The Bertz CT molecular complexity index is 926. The largest absolute Gasteiger partial charge is 0.383 e. The molecule has 4 aliphatic rings. The average Bonchev–Trinajstić information content (AvgIpc) is 3.16. The first-order chi connectivity index (χ1) is 15.1. The van der Waals surface area contributed by atoms with Crippen molar-refractivity contribution in [3.05, 3.63) is 6.20 Å². The topological polar surface area (TPSA) is 94.0 Å². The maximum absolute atomic E-state index is 13.2. The molecule has 2 aromatic rings. The Balaban J connectivity index is 1.26. The van der Waals surface area contributed by atoms with Gasteiger partial charge in [-0.05, 0) is 62.5 Å². The summed E-state index contributed by atoms with van der Waals surface area (Å²) in [4.78, 5) is 22.4. The molecule has 2 N–H and O–H groups in total. The number of ether oxygens (including phenoxy) is 1. The van der Waals surface area contributed by atoms with E-state index in [4.69, 9.17) is 4.74 Å². The van der Waals surface area contributed by atoms with Gasteiger partial charge in [0, 0.05) is 25.6 Å². The van der Waals surface area contributed by atoms with E-state index in [0.717, 1.165) is 53.9 Å². The van der Waals surface area contributed by atoms with Crippen molar-refractivity contribution in [2.75, 3.05) is 38.4 Å². The summed E-state index contributed by atoms with van der Waals surface area (Å²) in [6, 6.07) is 0. The molecule has 4 bridgehead atoms. The number of rotatable bonds is 9. The molecular weight excluding hydrogens is 412 g/mol. The molecule has 6 rings (SSSR count). The van der Waals surface area contributed by atoms with Gasteiger partial charge in [0.05, 0.1) is 24.7 Å². The molecule has 4 saturated carbocycles. The molecule has 4 fully saturated rings. The minimum Gasteiger partial charge on any atom is -0.383 e. The van der Waals surface area contributed by atoms with E-state index in [-0.39, 0.29) is 11.3 Å². The molecule has 4 aliphatic carbocycles. The average molecular weight is 445 g/mol. The van der Waals surface area contributed by atoms with E-state index in [1.807, 2.05) is 10.9 Å². The Morgan fingerprint density at radius 1 is 1.19 bits per heavy atom. The highest BCUT2D eigenvalue weighted by molar-refractivity contribution is 7.98. The fraction of sp³-hybridized carbons (Fsp3) is 0.727. The molecule has 168 valence electrons. The number of carbonyl (C=O) groups is 1. The van der Waals surface area contributed by atoms with Crippen LogP contribution in [0.25, 0.3) is 11.0 Å². The summed E-state index contributed by atoms with van der Waals surface area (Å²) < 4.78 is 7.00. The van der Waals surface area contributed by atoms with Gasteiger partial charge in [-0.3, -0.25) is 4.79 Å². The van der Waals surface area contributed by atoms with Gasteiger partial charge in [-0.25, -0.2) is 14.6 Å². The van der Waals surface area contributed by atoms with Crippen LogP contribution in [0.2, 0.25) is 0 Å². The van der Waals surface area contributed by atoms with Crippen LogP contribution in [0.5, 0.6) is 0 Å². The van der Waals surface area contributed by atoms with Gasteiger partial charge in [0.25, 0.3) is 0 Å². The van der Waals surface area contributed by atoms with Crippen molar-refractivity contribution >= 4 is 34.5 Å². The number of hydrogen-bond donors (Lipinski definition) is 2.